The van der Waals surface area contributed by atoms with Crippen LogP contribution < -0.4 is 14.8 Å². The van der Waals surface area contributed by atoms with Crippen molar-refractivity contribution in [3.05, 3.63) is 53.1 Å². The lowest BCUT2D eigenvalue weighted by Gasteiger charge is -2.19. The maximum atomic E-state index is 12.4. The van der Waals surface area contributed by atoms with E-state index in [-0.39, 0.29) is 10.9 Å². The number of hydrogen-bond donors (Lipinski definition) is 2. The largest absolute Gasteiger partial charge is 0.479 e. The molecule has 0 aliphatic heterocycles. The van der Waals surface area contributed by atoms with E-state index >= 15 is 0 Å². The number of rotatable bonds is 9. The van der Waals surface area contributed by atoms with Gasteiger partial charge in [-0.15, -0.1) is 0 Å². The van der Waals surface area contributed by atoms with Gasteiger partial charge in [-0.3, -0.25) is 4.79 Å². The molecular formula is C22H27ClN2O6S. The lowest BCUT2D eigenvalue weighted by atomic mass is 10.2. The molecule has 0 saturated heterocycles. The van der Waals surface area contributed by atoms with Crippen molar-refractivity contribution < 1.29 is 27.5 Å². The monoisotopic (exact) mass is 482 g/mol. The number of esters is 1. The van der Waals surface area contributed by atoms with E-state index in [1.807, 2.05) is 0 Å². The topological polar surface area (TPSA) is 111 Å². The molecule has 0 fully saturated rings. The average molecular weight is 483 g/mol. The summed E-state index contributed by atoms with van der Waals surface area (Å²) in [6.07, 6.45) is -2.03. The first-order valence-corrected chi connectivity index (χ1v) is 11.8. The third-order valence-corrected chi connectivity index (χ3v) is 6.17. The van der Waals surface area contributed by atoms with Crippen molar-refractivity contribution in [2.24, 2.45) is 0 Å². The van der Waals surface area contributed by atoms with Crippen molar-refractivity contribution in [2.75, 3.05) is 5.32 Å². The highest BCUT2D eigenvalue weighted by molar-refractivity contribution is 7.89. The number of carbonyl (C=O) groups is 2. The predicted molar refractivity (Wildman–Crippen MR) is 122 cm³/mol. The molecular weight excluding hydrogens is 456 g/mol. The Morgan fingerprint density at radius 1 is 0.969 bits per heavy atom. The first kappa shape index (κ1) is 25.6. The number of aryl methyl sites for hydroxylation is 1. The number of amides is 1. The van der Waals surface area contributed by atoms with Crippen LogP contribution in [0.3, 0.4) is 0 Å². The summed E-state index contributed by atoms with van der Waals surface area (Å²) < 4.78 is 37.6. The molecule has 1 amide bonds. The van der Waals surface area contributed by atoms with Crippen molar-refractivity contribution in [1.29, 1.82) is 0 Å². The zero-order chi connectivity index (χ0) is 24.1. The summed E-state index contributed by atoms with van der Waals surface area (Å²) in [6, 6.07) is 10.4. The first-order chi connectivity index (χ1) is 14.9. The van der Waals surface area contributed by atoms with Gasteiger partial charge in [-0.25, -0.2) is 17.9 Å². The van der Waals surface area contributed by atoms with E-state index < -0.39 is 34.1 Å². The highest BCUT2D eigenvalue weighted by Crippen LogP contribution is 2.23. The average Bonchev–Trinajstić information content (AvgIpc) is 2.69. The molecule has 2 aromatic rings. The summed E-state index contributed by atoms with van der Waals surface area (Å²) in [7, 11) is -3.63. The molecule has 32 heavy (non-hydrogen) atoms. The highest BCUT2D eigenvalue weighted by atomic mass is 35.5. The second kappa shape index (κ2) is 10.8. The maximum Gasteiger partial charge on any atom is 0.347 e. The fourth-order valence-corrected chi connectivity index (χ4v) is 4.12. The zero-order valence-corrected chi connectivity index (χ0v) is 20.1. The Kier molecular flexibility index (Phi) is 8.65. The minimum Gasteiger partial charge on any atom is -0.479 e. The van der Waals surface area contributed by atoms with Gasteiger partial charge >= 0.3 is 5.97 Å². The van der Waals surface area contributed by atoms with Crippen LogP contribution in [0.5, 0.6) is 5.75 Å². The van der Waals surface area contributed by atoms with Gasteiger partial charge in [0, 0.05) is 16.8 Å². The van der Waals surface area contributed by atoms with E-state index in [4.69, 9.17) is 21.1 Å². The fourth-order valence-electron chi connectivity index (χ4n) is 2.65. The van der Waals surface area contributed by atoms with Crippen LogP contribution in [0.25, 0.3) is 0 Å². The standard InChI is InChI=1S/C22H27ClN2O6S/c1-13(2)25-32(28,29)19-9-7-18(8-10-19)24-21(26)15(4)31-22(27)16(5)30-20-11-6-17(23)12-14(20)3/h6-13,15-16,25H,1-5H3,(H,24,26). The Balaban J connectivity index is 1.93. The normalized spacial score (nSPS) is 13.3. The third kappa shape index (κ3) is 7.22. The van der Waals surface area contributed by atoms with Gasteiger partial charge < -0.3 is 14.8 Å². The summed E-state index contributed by atoms with van der Waals surface area (Å²) in [4.78, 5) is 24.8. The van der Waals surface area contributed by atoms with Crippen LogP contribution in [-0.2, 0) is 24.3 Å². The van der Waals surface area contributed by atoms with E-state index in [1.165, 1.54) is 38.1 Å². The molecule has 0 aliphatic carbocycles. The van der Waals surface area contributed by atoms with E-state index in [0.717, 1.165) is 5.56 Å². The second-order valence-electron chi connectivity index (χ2n) is 7.54. The molecule has 2 atom stereocenters. The van der Waals surface area contributed by atoms with Gasteiger partial charge in [-0.1, -0.05) is 11.6 Å². The minimum atomic E-state index is -3.63. The van der Waals surface area contributed by atoms with Crippen LogP contribution in [-0.4, -0.2) is 38.5 Å². The first-order valence-electron chi connectivity index (χ1n) is 9.95. The number of ether oxygens (including phenoxy) is 2. The highest BCUT2D eigenvalue weighted by Gasteiger charge is 2.24. The summed E-state index contributed by atoms with van der Waals surface area (Å²) in [6.45, 7) is 8.18. The number of nitrogens with one attached hydrogen (secondary N) is 2. The molecule has 2 N–H and O–H groups in total. The van der Waals surface area contributed by atoms with Crippen molar-refractivity contribution in [1.82, 2.24) is 4.72 Å². The number of carbonyl (C=O) groups excluding carboxylic acids is 2. The van der Waals surface area contributed by atoms with Gasteiger partial charge in [0.2, 0.25) is 10.0 Å². The smallest absolute Gasteiger partial charge is 0.347 e. The van der Waals surface area contributed by atoms with Crippen molar-refractivity contribution in [3.8, 4) is 5.75 Å². The summed E-state index contributed by atoms with van der Waals surface area (Å²) in [5.41, 5.74) is 1.12. The minimum absolute atomic E-state index is 0.0761. The molecule has 2 unspecified atom stereocenters. The SMILES string of the molecule is Cc1cc(Cl)ccc1OC(C)C(=O)OC(C)C(=O)Nc1ccc(S(=O)(=O)NC(C)C)cc1. The Hall–Kier alpha value is -2.62. The molecule has 174 valence electrons. The Morgan fingerprint density at radius 3 is 2.16 bits per heavy atom. The van der Waals surface area contributed by atoms with Crippen LogP contribution in [0.2, 0.25) is 5.02 Å². The van der Waals surface area contributed by atoms with Crippen molar-refractivity contribution >= 4 is 39.2 Å². The van der Waals surface area contributed by atoms with E-state index in [0.29, 0.717) is 16.5 Å². The van der Waals surface area contributed by atoms with Gasteiger partial charge in [0.15, 0.2) is 12.2 Å². The molecule has 0 saturated carbocycles. The van der Waals surface area contributed by atoms with Gasteiger partial charge in [0.25, 0.3) is 5.91 Å². The number of halogens is 1. The van der Waals surface area contributed by atoms with Gasteiger partial charge in [0.05, 0.1) is 4.90 Å². The van der Waals surface area contributed by atoms with E-state index in [2.05, 4.69) is 10.0 Å². The molecule has 8 nitrogen and oxygen atoms in total. The molecule has 0 heterocycles. The Bertz CT molecular complexity index is 1070. The van der Waals surface area contributed by atoms with Crippen LogP contribution in [0.4, 0.5) is 5.69 Å². The van der Waals surface area contributed by atoms with Crippen LogP contribution in [0.1, 0.15) is 33.3 Å². The summed E-state index contributed by atoms with van der Waals surface area (Å²) >= 11 is 5.91. The molecule has 0 bridgehead atoms. The predicted octanol–water partition coefficient (Wildman–Crippen LogP) is 3.67. The number of hydrogen-bond acceptors (Lipinski definition) is 6. The van der Waals surface area contributed by atoms with Gasteiger partial charge in [0.1, 0.15) is 5.75 Å². The zero-order valence-electron chi connectivity index (χ0n) is 18.5. The summed E-state index contributed by atoms with van der Waals surface area (Å²) in [5.74, 6) is -0.787. The maximum absolute atomic E-state index is 12.4. The van der Waals surface area contributed by atoms with Crippen molar-refractivity contribution in [2.45, 2.75) is 57.8 Å². The Morgan fingerprint density at radius 2 is 1.59 bits per heavy atom. The number of sulfonamides is 1. The van der Waals surface area contributed by atoms with E-state index in [9.17, 15) is 18.0 Å². The number of benzene rings is 2. The van der Waals surface area contributed by atoms with E-state index in [1.54, 1.807) is 39.0 Å². The van der Waals surface area contributed by atoms with Gasteiger partial charge in [-0.2, -0.15) is 0 Å². The molecule has 2 aromatic carbocycles. The molecule has 0 aromatic heterocycles. The van der Waals surface area contributed by atoms with Gasteiger partial charge in [-0.05, 0) is 82.6 Å². The molecule has 10 heteroatoms. The molecule has 0 radical (unpaired) electrons. The molecule has 0 spiro atoms. The fraction of sp³-hybridized carbons (Fsp3) is 0.364. The van der Waals surface area contributed by atoms with Crippen LogP contribution >= 0.6 is 11.6 Å². The van der Waals surface area contributed by atoms with Crippen LogP contribution in [0, 0.1) is 6.92 Å². The van der Waals surface area contributed by atoms with Crippen LogP contribution in [0.15, 0.2) is 47.4 Å². The molecule has 2 rings (SSSR count). The Labute approximate surface area is 193 Å². The number of anilines is 1. The molecule has 0 aliphatic rings. The van der Waals surface area contributed by atoms with Crippen molar-refractivity contribution in [3.63, 3.8) is 0 Å². The lowest BCUT2D eigenvalue weighted by Crippen LogP contribution is -2.35. The third-order valence-electron chi connectivity index (χ3n) is 4.26. The second-order valence-corrected chi connectivity index (χ2v) is 9.69. The quantitative estimate of drug-likeness (QED) is 0.527. The summed E-state index contributed by atoms with van der Waals surface area (Å²) in [5, 5.41) is 3.14. The lowest BCUT2D eigenvalue weighted by molar-refractivity contribution is -0.159.